The third-order valence-electron chi connectivity index (χ3n) is 6.33. The van der Waals surface area contributed by atoms with Crippen LogP contribution in [-0.2, 0) is 11.2 Å². The minimum absolute atomic E-state index is 0.0988. The minimum atomic E-state index is -0.687. The Morgan fingerprint density at radius 2 is 1.49 bits per heavy atom. The highest BCUT2D eigenvalue weighted by Crippen LogP contribution is 2.25. The van der Waals surface area contributed by atoms with Crippen LogP contribution in [0.5, 0.6) is 5.75 Å². The molecule has 0 saturated heterocycles. The number of benzene rings is 3. The summed E-state index contributed by atoms with van der Waals surface area (Å²) in [5.74, 6) is 0.104. The lowest BCUT2D eigenvalue weighted by Gasteiger charge is -2.30. The fourth-order valence-corrected chi connectivity index (χ4v) is 4.34. The first kappa shape index (κ1) is 24.3. The van der Waals surface area contributed by atoms with Crippen molar-refractivity contribution >= 4 is 11.8 Å². The maximum Gasteiger partial charge on any atom is 0.258 e. The lowest BCUT2D eigenvalue weighted by molar-refractivity contribution is -0.126. The molecule has 5 heteroatoms. The van der Waals surface area contributed by atoms with E-state index in [9.17, 15) is 9.59 Å². The molecule has 0 aliphatic carbocycles. The highest BCUT2D eigenvalue weighted by molar-refractivity contribution is 5.99. The van der Waals surface area contributed by atoms with Crippen LogP contribution in [0.1, 0.15) is 47.3 Å². The zero-order valence-corrected chi connectivity index (χ0v) is 20.3. The summed E-state index contributed by atoms with van der Waals surface area (Å²) in [4.78, 5) is 28.9. The highest BCUT2D eigenvalue weighted by atomic mass is 16.5. The number of rotatable bonds is 3. The lowest BCUT2D eigenvalue weighted by Crippen LogP contribution is -2.49. The van der Waals surface area contributed by atoms with E-state index in [2.05, 4.69) is 17.5 Å². The average molecular weight is 469 g/mol. The third-order valence-corrected chi connectivity index (χ3v) is 6.33. The molecule has 0 saturated carbocycles. The van der Waals surface area contributed by atoms with Crippen molar-refractivity contribution in [2.75, 3.05) is 7.05 Å². The van der Waals surface area contributed by atoms with Crippen LogP contribution < -0.4 is 10.1 Å². The van der Waals surface area contributed by atoms with Crippen LogP contribution in [0.25, 0.3) is 0 Å². The van der Waals surface area contributed by atoms with Crippen molar-refractivity contribution in [2.24, 2.45) is 0 Å². The van der Waals surface area contributed by atoms with E-state index in [1.807, 2.05) is 85.8 Å². The van der Waals surface area contributed by atoms with E-state index in [1.165, 1.54) is 0 Å². The van der Waals surface area contributed by atoms with Gasteiger partial charge in [-0.15, -0.1) is 0 Å². The quantitative estimate of drug-likeness (QED) is 0.528. The standard InChI is InChI=1S/C30H32N2O3/c1-22-13-9-11-19-26(24-16-7-4-8-17-24)31-29(33)27(21-23-14-5-3-6-15-23)32(2)30(34)25-18-10-12-20-28(25)35-22/h3-12,14-18,20,22,26-27H,13,19,21H2,1-2H3,(H,31,33)/b11-9+/t22-,26-,27+/m0/s1. The van der Waals surface area contributed by atoms with Crippen molar-refractivity contribution in [3.8, 4) is 5.75 Å². The van der Waals surface area contributed by atoms with Gasteiger partial charge in [0.2, 0.25) is 5.91 Å². The van der Waals surface area contributed by atoms with Gasteiger partial charge in [0.1, 0.15) is 11.8 Å². The molecule has 35 heavy (non-hydrogen) atoms. The van der Waals surface area contributed by atoms with Gasteiger partial charge in [-0.1, -0.05) is 84.9 Å². The van der Waals surface area contributed by atoms with Gasteiger partial charge in [-0.25, -0.2) is 0 Å². The van der Waals surface area contributed by atoms with E-state index in [0.29, 0.717) is 30.6 Å². The molecule has 0 radical (unpaired) electrons. The number of hydrogen-bond acceptors (Lipinski definition) is 3. The van der Waals surface area contributed by atoms with Crippen LogP contribution in [0.15, 0.2) is 97.1 Å². The van der Waals surface area contributed by atoms with Crippen molar-refractivity contribution in [1.82, 2.24) is 10.2 Å². The molecule has 0 aromatic heterocycles. The van der Waals surface area contributed by atoms with Gasteiger partial charge in [0, 0.05) is 19.9 Å². The molecule has 2 amide bonds. The van der Waals surface area contributed by atoms with Crippen LogP contribution in [0.2, 0.25) is 0 Å². The molecule has 4 rings (SSSR count). The molecule has 1 aliphatic heterocycles. The Bertz CT molecular complexity index is 1160. The molecular weight excluding hydrogens is 436 g/mol. The van der Waals surface area contributed by atoms with E-state index in [-0.39, 0.29) is 24.0 Å². The van der Waals surface area contributed by atoms with Crippen molar-refractivity contribution in [2.45, 2.75) is 44.4 Å². The number of ether oxygens (including phenoxy) is 1. The fraction of sp³-hybridized carbons (Fsp3) is 0.267. The van der Waals surface area contributed by atoms with E-state index in [1.54, 1.807) is 18.0 Å². The van der Waals surface area contributed by atoms with Gasteiger partial charge in [-0.05, 0) is 36.6 Å². The summed E-state index contributed by atoms with van der Waals surface area (Å²) in [6.07, 6.45) is 5.83. The van der Waals surface area contributed by atoms with Crippen molar-refractivity contribution in [1.29, 1.82) is 0 Å². The van der Waals surface area contributed by atoms with Crippen molar-refractivity contribution < 1.29 is 14.3 Å². The summed E-state index contributed by atoms with van der Waals surface area (Å²) >= 11 is 0. The molecule has 180 valence electrons. The van der Waals surface area contributed by atoms with Gasteiger partial charge >= 0.3 is 0 Å². The van der Waals surface area contributed by atoms with E-state index in [4.69, 9.17) is 4.74 Å². The number of hydrogen-bond donors (Lipinski definition) is 1. The smallest absolute Gasteiger partial charge is 0.258 e. The summed E-state index contributed by atoms with van der Waals surface area (Å²) in [7, 11) is 1.69. The molecule has 3 atom stereocenters. The maximum absolute atomic E-state index is 13.7. The number of nitrogens with zero attached hydrogens (tertiary/aromatic N) is 1. The Balaban J connectivity index is 1.73. The molecule has 0 spiro atoms. The second-order valence-corrected chi connectivity index (χ2v) is 8.96. The first-order valence-corrected chi connectivity index (χ1v) is 12.1. The number of fused-ring (bicyclic) bond motifs is 1. The number of carbonyl (C=O) groups is 2. The topological polar surface area (TPSA) is 58.6 Å². The summed E-state index contributed by atoms with van der Waals surface area (Å²) in [6.45, 7) is 2.00. The summed E-state index contributed by atoms with van der Waals surface area (Å²) in [5, 5.41) is 3.23. The minimum Gasteiger partial charge on any atom is -0.490 e. The highest BCUT2D eigenvalue weighted by Gasteiger charge is 2.31. The van der Waals surface area contributed by atoms with Gasteiger partial charge in [0.05, 0.1) is 17.7 Å². The summed E-state index contributed by atoms with van der Waals surface area (Å²) in [6, 6.07) is 26.1. The number of carbonyl (C=O) groups excluding carboxylic acids is 2. The number of para-hydroxylation sites is 1. The first-order chi connectivity index (χ1) is 17.0. The van der Waals surface area contributed by atoms with E-state index in [0.717, 1.165) is 11.1 Å². The van der Waals surface area contributed by atoms with Gasteiger partial charge in [0.15, 0.2) is 0 Å². The zero-order valence-electron chi connectivity index (χ0n) is 20.3. The van der Waals surface area contributed by atoms with Crippen molar-refractivity contribution in [3.63, 3.8) is 0 Å². The SMILES string of the molecule is C[C@H]1C/C=C/C[C@@H](c2ccccc2)NC(=O)[C@@H](Cc2ccccc2)N(C)C(=O)c2ccccc2O1. The molecule has 1 N–H and O–H groups in total. The molecule has 3 aromatic rings. The summed E-state index contributed by atoms with van der Waals surface area (Å²) < 4.78 is 6.15. The van der Waals surface area contributed by atoms with Gasteiger partial charge < -0.3 is 15.0 Å². The van der Waals surface area contributed by atoms with Crippen LogP contribution >= 0.6 is 0 Å². The molecular formula is C30H32N2O3. The number of amides is 2. The molecule has 5 nitrogen and oxygen atoms in total. The zero-order chi connectivity index (χ0) is 24.6. The van der Waals surface area contributed by atoms with Crippen LogP contribution in [-0.4, -0.2) is 35.9 Å². The largest absolute Gasteiger partial charge is 0.490 e. The summed E-state index contributed by atoms with van der Waals surface area (Å²) in [5.41, 5.74) is 2.47. The van der Waals surface area contributed by atoms with Crippen LogP contribution in [0.4, 0.5) is 0 Å². The average Bonchev–Trinajstić information content (AvgIpc) is 2.89. The molecule has 3 aromatic carbocycles. The second-order valence-electron chi connectivity index (χ2n) is 8.96. The Hall–Kier alpha value is -3.86. The van der Waals surface area contributed by atoms with Crippen LogP contribution in [0, 0.1) is 0 Å². The lowest BCUT2D eigenvalue weighted by atomic mass is 9.99. The Labute approximate surface area is 207 Å². The molecule has 0 bridgehead atoms. The van der Waals surface area contributed by atoms with Crippen molar-refractivity contribution in [3.05, 3.63) is 114 Å². The Morgan fingerprint density at radius 3 is 2.23 bits per heavy atom. The first-order valence-electron chi connectivity index (χ1n) is 12.1. The predicted molar refractivity (Wildman–Crippen MR) is 138 cm³/mol. The Kier molecular flexibility index (Phi) is 7.99. The molecule has 1 heterocycles. The molecule has 0 unspecified atom stereocenters. The predicted octanol–water partition coefficient (Wildman–Crippen LogP) is 5.34. The normalized spacial score (nSPS) is 22.3. The number of nitrogens with one attached hydrogen (secondary N) is 1. The third kappa shape index (κ3) is 6.18. The van der Waals surface area contributed by atoms with Gasteiger partial charge in [0.25, 0.3) is 5.91 Å². The van der Waals surface area contributed by atoms with E-state index < -0.39 is 6.04 Å². The van der Waals surface area contributed by atoms with Gasteiger partial charge in [-0.3, -0.25) is 9.59 Å². The monoisotopic (exact) mass is 468 g/mol. The number of likely N-dealkylation sites (N-methyl/N-ethyl adjacent to an activating group) is 1. The van der Waals surface area contributed by atoms with Gasteiger partial charge in [-0.2, -0.15) is 0 Å². The second kappa shape index (κ2) is 11.5. The molecule has 0 fully saturated rings. The Morgan fingerprint density at radius 1 is 0.857 bits per heavy atom. The van der Waals surface area contributed by atoms with E-state index >= 15 is 0 Å². The van der Waals surface area contributed by atoms with Crippen LogP contribution in [0.3, 0.4) is 0 Å². The maximum atomic E-state index is 13.7. The molecule has 1 aliphatic rings. The fourth-order valence-electron chi connectivity index (χ4n) is 4.34.